The third-order valence-corrected chi connectivity index (χ3v) is 6.12. The molecule has 29 heavy (non-hydrogen) atoms. The van der Waals surface area contributed by atoms with Crippen LogP contribution < -0.4 is 4.90 Å². The lowest BCUT2D eigenvalue weighted by atomic mass is 9.77. The normalized spacial score (nSPS) is 29.4. The molecule has 3 aliphatic rings. The Morgan fingerprint density at radius 1 is 1.28 bits per heavy atom. The molecule has 2 saturated heterocycles. The number of carbonyl (C=O) groups excluding carboxylic acids is 2. The molecule has 4 atom stereocenters. The largest absolute Gasteiger partial charge is 0.460 e. The Kier molecular flexibility index (Phi) is 4.22. The van der Waals surface area contributed by atoms with E-state index in [1.54, 1.807) is 6.07 Å². The highest BCUT2D eigenvalue weighted by atomic mass is 35.5. The molecule has 7 heteroatoms. The van der Waals surface area contributed by atoms with E-state index in [9.17, 15) is 14.0 Å². The number of hydrogen-bond acceptors (Lipinski definition) is 4. The van der Waals surface area contributed by atoms with E-state index >= 15 is 0 Å². The van der Waals surface area contributed by atoms with Crippen LogP contribution in [0, 0.1) is 17.7 Å². The van der Waals surface area contributed by atoms with E-state index in [1.807, 2.05) is 42.5 Å². The number of benzene rings is 2. The molecule has 3 heterocycles. The van der Waals surface area contributed by atoms with Crippen LogP contribution in [0.15, 0.2) is 60.7 Å². The highest BCUT2D eigenvalue weighted by molar-refractivity contribution is 6.30. The number of amides is 1. The Hall–Kier alpha value is -2.70. The van der Waals surface area contributed by atoms with Crippen LogP contribution in [0.2, 0.25) is 5.02 Å². The van der Waals surface area contributed by atoms with Crippen molar-refractivity contribution in [3.63, 3.8) is 0 Å². The minimum absolute atomic E-state index is 0.0156. The van der Waals surface area contributed by atoms with Crippen molar-refractivity contribution in [3.05, 3.63) is 77.1 Å². The number of halogens is 2. The minimum Gasteiger partial charge on any atom is -0.460 e. The summed E-state index contributed by atoms with van der Waals surface area (Å²) < 4.78 is 25.5. The molecule has 2 aromatic rings. The molecule has 0 radical (unpaired) electrons. The van der Waals surface area contributed by atoms with Crippen molar-refractivity contribution in [3.8, 4) is 0 Å². The summed E-state index contributed by atoms with van der Waals surface area (Å²) in [7, 11) is 0. The third-order valence-electron chi connectivity index (χ3n) is 5.81. The number of rotatable bonds is 4. The Bertz CT molecular complexity index is 1030. The highest BCUT2D eigenvalue weighted by Crippen LogP contribution is 2.53. The van der Waals surface area contributed by atoms with Crippen molar-refractivity contribution in [2.24, 2.45) is 11.8 Å². The quantitative estimate of drug-likeness (QED) is 0.568. The molecule has 0 N–H and O–H groups in total. The molecule has 5 rings (SSSR count). The van der Waals surface area contributed by atoms with E-state index in [2.05, 4.69) is 0 Å². The van der Waals surface area contributed by atoms with Gasteiger partial charge < -0.3 is 14.4 Å². The van der Waals surface area contributed by atoms with Crippen LogP contribution >= 0.6 is 11.6 Å². The number of hydrogen-bond donors (Lipinski definition) is 0. The van der Waals surface area contributed by atoms with Crippen LogP contribution in [0.25, 0.3) is 0 Å². The number of carbonyl (C=O) groups is 2. The third kappa shape index (κ3) is 2.86. The highest BCUT2D eigenvalue weighted by Gasteiger charge is 2.67. The molecule has 0 unspecified atom stereocenters. The number of ether oxygens (including phenoxy) is 2. The SMILES string of the molecule is O=C(OCc1ccccc1)[C@@H]1[C@H]2C=C[C@@]3(CN(c4ccc(Cl)c(F)c4)C(=O)[C@@H]13)O2. The summed E-state index contributed by atoms with van der Waals surface area (Å²) >= 11 is 5.76. The van der Waals surface area contributed by atoms with E-state index in [4.69, 9.17) is 21.1 Å². The van der Waals surface area contributed by atoms with Crippen molar-refractivity contribution in [1.29, 1.82) is 0 Å². The maximum Gasteiger partial charge on any atom is 0.313 e. The zero-order chi connectivity index (χ0) is 20.2. The van der Waals surface area contributed by atoms with Gasteiger partial charge in [0, 0.05) is 5.69 Å². The number of fused-ring (bicyclic) bond motifs is 1. The van der Waals surface area contributed by atoms with Crippen molar-refractivity contribution >= 4 is 29.2 Å². The summed E-state index contributed by atoms with van der Waals surface area (Å²) in [6, 6.07) is 13.6. The maximum absolute atomic E-state index is 13.9. The van der Waals surface area contributed by atoms with Gasteiger partial charge in [0.2, 0.25) is 5.91 Å². The van der Waals surface area contributed by atoms with Crippen LogP contribution in [0.5, 0.6) is 0 Å². The second kappa shape index (κ2) is 6.68. The lowest BCUT2D eigenvalue weighted by Gasteiger charge is -2.22. The summed E-state index contributed by atoms with van der Waals surface area (Å²) in [5, 5.41) is -0.0156. The van der Waals surface area contributed by atoms with E-state index in [0.29, 0.717) is 5.69 Å². The molecule has 1 spiro atoms. The van der Waals surface area contributed by atoms with Gasteiger partial charge in [0.05, 0.1) is 23.6 Å². The van der Waals surface area contributed by atoms with E-state index in [0.717, 1.165) is 5.56 Å². The van der Waals surface area contributed by atoms with Gasteiger partial charge in [-0.25, -0.2) is 4.39 Å². The predicted octanol–water partition coefficient (Wildman–Crippen LogP) is 3.51. The zero-order valence-corrected chi connectivity index (χ0v) is 16.0. The summed E-state index contributed by atoms with van der Waals surface area (Å²) in [5.41, 5.74) is 0.359. The first-order valence-corrected chi connectivity index (χ1v) is 9.70. The standard InChI is InChI=1S/C22H17ClFNO4/c23-15-7-6-14(10-16(15)24)25-12-22-9-8-17(29-22)18(19(22)20(25)26)21(27)28-11-13-4-2-1-3-5-13/h1-10,17-19H,11-12H2/t17-,18-,19-,22+/m1/s1. The molecule has 3 aliphatic heterocycles. The molecule has 2 bridgehead atoms. The van der Waals surface area contributed by atoms with Gasteiger partial charge >= 0.3 is 5.97 Å². The van der Waals surface area contributed by atoms with Crippen LogP contribution in [-0.2, 0) is 25.7 Å². The minimum atomic E-state index is -0.895. The van der Waals surface area contributed by atoms with E-state index in [-0.39, 0.29) is 24.1 Å². The van der Waals surface area contributed by atoms with Crippen LogP contribution in [0.4, 0.5) is 10.1 Å². The molecule has 2 aromatic carbocycles. The lowest BCUT2D eigenvalue weighted by molar-refractivity contribution is -0.153. The van der Waals surface area contributed by atoms with Gasteiger partial charge in [-0.1, -0.05) is 54.1 Å². The molecular weight excluding hydrogens is 397 g/mol. The van der Waals surface area contributed by atoms with E-state index in [1.165, 1.54) is 17.0 Å². The van der Waals surface area contributed by atoms with Crippen molar-refractivity contribution in [2.75, 3.05) is 11.4 Å². The summed E-state index contributed by atoms with van der Waals surface area (Å²) in [6.07, 6.45) is 3.16. The molecule has 2 fully saturated rings. The first-order chi connectivity index (χ1) is 14.0. The van der Waals surface area contributed by atoms with Gasteiger partial charge in [0.1, 0.15) is 23.9 Å². The fourth-order valence-corrected chi connectivity index (χ4v) is 4.58. The fraction of sp³-hybridized carbons (Fsp3) is 0.273. The number of nitrogens with zero attached hydrogens (tertiary/aromatic N) is 1. The van der Waals surface area contributed by atoms with Crippen molar-refractivity contribution < 1.29 is 23.5 Å². The Morgan fingerprint density at radius 2 is 2.07 bits per heavy atom. The van der Waals surface area contributed by atoms with Gasteiger partial charge in [0.15, 0.2) is 0 Å². The fourth-order valence-electron chi connectivity index (χ4n) is 4.46. The summed E-state index contributed by atoms with van der Waals surface area (Å²) in [6.45, 7) is 0.347. The van der Waals surface area contributed by atoms with Crippen LogP contribution in [0.1, 0.15) is 5.56 Å². The monoisotopic (exact) mass is 413 g/mol. The number of anilines is 1. The zero-order valence-electron chi connectivity index (χ0n) is 15.3. The van der Waals surface area contributed by atoms with Gasteiger partial charge in [-0.2, -0.15) is 0 Å². The molecule has 0 aromatic heterocycles. The predicted molar refractivity (Wildman–Crippen MR) is 104 cm³/mol. The smallest absolute Gasteiger partial charge is 0.313 e. The molecule has 0 saturated carbocycles. The molecule has 0 aliphatic carbocycles. The number of esters is 1. The molecular formula is C22H17ClFNO4. The van der Waals surface area contributed by atoms with Gasteiger partial charge in [-0.05, 0) is 23.8 Å². The van der Waals surface area contributed by atoms with Crippen LogP contribution in [-0.4, -0.2) is 30.1 Å². The average Bonchev–Trinajstić information content (AvgIpc) is 3.37. The first kappa shape index (κ1) is 18.3. The van der Waals surface area contributed by atoms with Gasteiger partial charge in [0.25, 0.3) is 0 Å². The van der Waals surface area contributed by atoms with Gasteiger partial charge in [-0.15, -0.1) is 0 Å². The second-order valence-corrected chi connectivity index (χ2v) is 7.92. The summed E-state index contributed by atoms with van der Waals surface area (Å²) in [4.78, 5) is 27.5. The second-order valence-electron chi connectivity index (χ2n) is 7.52. The maximum atomic E-state index is 13.9. The topological polar surface area (TPSA) is 55.8 Å². The van der Waals surface area contributed by atoms with E-state index < -0.39 is 35.3 Å². The lowest BCUT2D eigenvalue weighted by Crippen LogP contribution is -2.40. The van der Waals surface area contributed by atoms with Crippen molar-refractivity contribution in [2.45, 2.75) is 18.3 Å². The molecule has 148 valence electrons. The van der Waals surface area contributed by atoms with Crippen LogP contribution in [0.3, 0.4) is 0 Å². The van der Waals surface area contributed by atoms with Crippen molar-refractivity contribution in [1.82, 2.24) is 0 Å². The molecule has 5 nitrogen and oxygen atoms in total. The van der Waals surface area contributed by atoms with Gasteiger partial charge in [-0.3, -0.25) is 9.59 Å². The summed E-state index contributed by atoms with van der Waals surface area (Å²) in [5.74, 6) is -2.77. The Morgan fingerprint density at radius 3 is 2.83 bits per heavy atom. The average molecular weight is 414 g/mol. The first-order valence-electron chi connectivity index (χ1n) is 9.33. The Balaban J connectivity index is 1.39. The molecule has 1 amide bonds. The Labute approximate surface area is 171 Å².